The summed E-state index contributed by atoms with van der Waals surface area (Å²) >= 11 is 6.35. The van der Waals surface area contributed by atoms with Gasteiger partial charge >= 0.3 is 0 Å². The van der Waals surface area contributed by atoms with Gasteiger partial charge < -0.3 is 20.3 Å². The zero-order chi connectivity index (χ0) is 31.4. The topological polar surface area (TPSA) is 107 Å². The highest BCUT2D eigenvalue weighted by molar-refractivity contribution is 6.30. The lowest BCUT2D eigenvalue weighted by Gasteiger charge is -2.40. The Labute approximate surface area is 255 Å². The molecular weight excluding hydrogens is 556 g/mol. The highest BCUT2D eigenvalue weighted by Gasteiger charge is 2.33. The molecule has 0 radical (unpaired) electrons. The van der Waals surface area contributed by atoms with Gasteiger partial charge in [-0.2, -0.15) is 0 Å². The molecule has 2 unspecified atom stereocenters. The number of aryl methyl sites for hydroxylation is 1. The molecule has 1 heterocycles. The molecule has 2 rings (SSSR count). The van der Waals surface area contributed by atoms with Crippen LogP contribution in [0.25, 0.3) is 0 Å². The predicted molar refractivity (Wildman–Crippen MR) is 168 cm³/mol. The Kier molecular flexibility index (Phi) is 13.9. The number of likely N-dealkylation sites (N-methyl/N-ethyl adjacent to an activating group) is 1. The van der Waals surface area contributed by atoms with E-state index in [4.69, 9.17) is 21.3 Å². The Morgan fingerprint density at radius 1 is 1.33 bits per heavy atom. The van der Waals surface area contributed by atoms with E-state index in [1.165, 1.54) is 18.9 Å². The minimum absolute atomic E-state index is 0.0270. The van der Waals surface area contributed by atoms with Crippen molar-refractivity contribution in [3.63, 3.8) is 0 Å². The van der Waals surface area contributed by atoms with E-state index in [2.05, 4.69) is 17.2 Å². The van der Waals surface area contributed by atoms with Gasteiger partial charge in [0, 0.05) is 49.7 Å². The number of hydrazine groups is 1. The third-order valence-electron chi connectivity index (χ3n) is 7.14. The summed E-state index contributed by atoms with van der Waals surface area (Å²) < 4.78 is 5.22. The van der Waals surface area contributed by atoms with Gasteiger partial charge in [0.1, 0.15) is 11.6 Å². The quantitative estimate of drug-likeness (QED) is 0.0767. The number of benzene rings is 1. The van der Waals surface area contributed by atoms with E-state index >= 15 is 0 Å². The summed E-state index contributed by atoms with van der Waals surface area (Å²) in [5, 5.41) is 10.1. The zero-order valence-corrected chi connectivity index (χ0v) is 26.6. The third kappa shape index (κ3) is 9.54. The van der Waals surface area contributed by atoms with Gasteiger partial charge in [-0.15, -0.1) is 0 Å². The van der Waals surface area contributed by atoms with Crippen LogP contribution >= 0.6 is 11.6 Å². The first-order chi connectivity index (χ1) is 20.0. The van der Waals surface area contributed by atoms with Gasteiger partial charge in [0.15, 0.2) is 0 Å². The molecule has 0 spiro atoms. The number of rotatable bonds is 15. The number of aliphatic imine (C=N–C) groups is 1. The van der Waals surface area contributed by atoms with Gasteiger partial charge in [-0.3, -0.25) is 14.4 Å². The van der Waals surface area contributed by atoms with Crippen LogP contribution in [0.3, 0.4) is 0 Å². The summed E-state index contributed by atoms with van der Waals surface area (Å²) in [4.78, 5) is 44.6. The number of carbonyl (C=O) groups is 3. The summed E-state index contributed by atoms with van der Waals surface area (Å²) in [6.07, 6.45) is 6.20. The fraction of sp³-hybridized carbons (Fsp3) is 0.484. The van der Waals surface area contributed by atoms with Crippen LogP contribution in [0.4, 0.5) is 5.69 Å². The van der Waals surface area contributed by atoms with Crippen molar-refractivity contribution in [3.05, 3.63) is 64.5 Å². The Bertz CT molecular complexity index is 1230. The van der Waals surface area contributed by atoms with E-state index in [0.29, 0.717) is 60.5 Å². The molecule has 0 aromatic heterocycles. The monoisotopic (exact) mass is 600 g/mol. The van der Waals surface area contributed by atoms with E-state index in [-0.39, 0.29) is 17.9 Å². The number of allylic oxidation sites excluding steroid dienone is 3. The zero-order valence-electron chi connectivity index (χ0n) is 25.9. The van der Waals surface area contributed by atoms with Crippen molar-refractivity contribution < 1.29 is 19.1 Å². The number of amidine groups is 1. The Hall–Kier alpha value is -3.47. The molecule has 1 saturated heterocycles. The normalized spacial score (nSPS) is 16.7. The number of amides is 3. The van der Waals surface area contributed by atoms with E-state index < -0.39 is 6.04 Å². The van der Waals surface area contributed by atoms with Crippen molar-refractivity contribution in [2.75, 3.05) is 33.8 Å². The largest absolute Gasteiger partial charge is 0.497 e. The first-order valence-electron chi connectivity index (χ1n) is 14.1. The van der Waals surface area contributed by atoms with Crippen LogP contribution in [-0.4, -0.2) is 84.9 Å². The molecule has 2 atom stereocenters. The maximum atomic E-state index is 13.5. The number of hydrogen-bond acceptors (Lipinski definition) is 7. The average molecular weight is 601 g/mol. The molecular formula is C31H45ClN6O4. The lowest BCUT2D eigenvalue weighted by atomic mass is 10.1. The van der Waals surface area contributed by atoms with Gasteiger partial charge in [-0.1, -0.05) is 30.3 Å². The molecule has 1 fully saturated rings. The molecule has 3 amide bonds. The Morgan fingerprint density at radius 2 is 2.05 bits per heavy atom. The summed E-state index contributed by atoms with van der Waals surface area (Å²) in [7, 11) is 3.37. The number of methoxy groups -OCH3 is 1. The number of halogens is 1. The van der Waals surface area contributed by atoms with Crippen molar-refractivity contribution in [2.24, 2.45) is 4.99 Å². The molecule has 0 saturated carbocycles. The van der Waals surface area contributed by atoms with Gasteiger partial charge in [0.2, 0.25) is 18.2 Å². The number of hydrogen-bond donors (Lipinski definition) is 2. The smallest absolute Gasteiger partial charge is 0.239 e. The van der Waals surface area contributed by atoms with Crippen molar-refractivity contribution in [3.8, 4) is 0 Å². The van der Waals surface area contributed by atoms with Gasteiger partial charge in [0.05, 0.1) is 18.8 Å². The SMILES string of the molecule is C=C(/C=C(C)\C(=C/C)N(C=O)C(C)C(=Nc1cc(Cl)ccc1C)N(C(C)=O)N(CCNC)CCC1CCC(=O)N1)OC. The highest BCUT2D eigenvalue weighted by atomic mass is 35.5. The average Bonchev–Trinajstić information content (AvgIpc) is 3.38. The van der Waals surface area contributed by atoms with Crippen molar-refractivity contribution in [1.29, 1.82) is 0 Å². The molecule has 10 nitrogen and oxygen atoms in total. The van der Waals surface area contributed by atoms with E-state index in [1.54, 1.807) is 23.2 Å². The lowest BCUT2D eigenvalue weighted by molar-refractivity contribution is -0.138. The van der Waals surface area contributed by atoms with Crippen LogP contribution < -0.4 is 10.6 Å². The predicted octanol–water partition coefficient (Wildman–Crippen LogP) is 4.49. The van der Waals surface area contributed by atoms with Gasteiger partial charge in [-0.25, -0.2) is 15.0 Å². The highest BCUT2D eigenvalue weighted by Crippen LogP contribution is 2.27. The van der Waals surface area contributed by atoms with Crippen LogP contribution in [0, 0.1) is 6.92 Å². The summed E-state index contributed by atoms with van der Waals surface area (Å²) in [5.74, 6) is 0.568. The first kappa shape index (κ1) is 34.7. The molecule has 2 N–H and O–H groups in total. The Morgan fingerprint density at radius 3 is 2.60 bits per heavy atom. The molecule has 11 heteroatoms. The van der Waals surface area contributed by atoms with Gasteiger partial charge in [0.25, 0.3) is 0 Å². The molecule has 1 aromatic rings. The van der Waals surface area contributed by atoms with E-state index in [9.17, 15) is 14.4 Å². The molecule has 1 aromatic carbocycles. The second-order valence-corrected chi connectivity index (χ2v) is 10.7. The Balaban J connectivity index is 2.69. The molecule has 1 aliphatic heterocycles. The summed E-state index contributed by atoms with van der Waals surface area (Å²) in [6.45, 7) is 14.3. The number of nitrogens with one attached hydrogen (secondary N) is 2. The fourth-order valence-electron chi connectivity index (χ4n) is 4.84. The fourth-order valence-corrected chi connectivity index (χ4v) is 5.00. The molecule has 1 aliphatic rings. The van der Waals surface area contributed by atoms with Crippen LogP contribution in [-0.2, 0) is 19.1 Å². The summed E-state index contributed by atoms with van der Waals surface area (Å²) in [5.41, 5.74) is 2.81. The molecule has 42 heavy (non-hydrogen) atoms. The lowest BCUT2D eigenvalue weighted by Crippen LogP contribution is -2.57. The van der Waals surface area contributed by atoms with Crippen LogP contribution in [0.2, 0.25) is 5.02 Å². The standard InChI is InChI=1S/C31H45ClN6O4/c1-9-29(22(3)18-23(4)42-8)37(20-39)24(5)31(35-28-19-26(32)11-10-21(28)2)38(25(6)40)36(17-15-33-7)16-14-27-12-13-30(41)34-27/h9-11,18-20,24,27,33H,4,12-17H2,1-3,5-8H3,(H,34,41)/b22-18-,29-9+,35-31?. The van der Waals surface area contributed by atoms with Crippen LogP contribution in [0.5, 0.6) is 0 Å². The molecule has 0 aliphatic carbocycles. The minimum atomic E-state index is -0.682. The second kappa shape index (κ2) is 16.8. The third-order valence-corrected chi connectivity index (χ3v) is 7.38. The van der Waals surface area contributed by atoms with Crippen molar-refractivity contribution in [1.82, 2.24) is 25.6 Å². The van der Waals surface area contributed by atoms with Crippen LogP contribution in [0.15, 0.2) is 59.0 Å². The molecule has 230 valence electrons. The second-order valence-electron chi connectivity index (χ2n) is 10.2. The summed E-state index contributed by atoms with van der Waals surface area (Å²) in [6, 6.07) is 4.73. The van der Waals surface area contributed by atoms with E-state index in [0.717, 1.165) is 24.0 Å². The van der Waals surface area contributed by atoms with Gasteiger partial charge in [-0.05, 0) is 76.9 Å². The van der Waals surface area contributed by atoms with Crippen LogP contribution in [0.1, 0.15) is 52.5 Å². The van der Waals surface area contributed by atoms with Crippen molar-refractivity contribution >= 4 is 41.3 Å². The number of carbonyl (C=O) groups excluding carboxylic acids is 3. The minimum Gasteiger partial charge on any atom is -0.497 e. The molecule has 0 bridgehead atoms. The van der Waals surface area contributed by atoms with E-state index in [1.807, 2.05) is 51.9 Å². The number of ether oxygens (including phenoxy) is 1. The van der Waals surface area contributed by atoms with Crippen molar-refractivity contribution in [2.45, 2.75) is 66.0 Å². The number of nitrogens with zero attached hydrogens (tertiary/aromatic N) is 4. The first-order valence-corrected chi connectivity index (χ1v) is 14.5. The maximum Gasteiger partial charge on any atom is 0.239 e. The maximum absolute atomic E-state index is 13.5.